The van der Waals surface area contributed by atoms with Crippen LogP contribution in [-0.4, -0.2) is 23.4 Å². The van der Waals surface area contributed by atoms with Gasteiger partial charge in [-0.15, -0.1) is 11.3 Å². The van der Waals surface area contributed by atoms with E-state index in [2.05, 4.69) is 15.6 Å². The number of para-hydroxylation sites is 1. The van der Waals surface area contributed by atoms with E-state index >= 15 is 0 Å². The highest BCUT2D eigenvalue weighted by molar-refractivity contribution is 7.18. The van der Waals surface area contributed by atoms with E-state index in [0.29, 0.717) is 13.2 Å². The molecule has 0 aliphatic heterocycles. The van der Waals surface area contributed by atoms with Crippen molar-refractivity contribution in [2.75, 3.05) is 11.9 Å². The Morgan fingerprint density at radius 2 is 2.00 bits per heavy atom. The number of ether oxygens (including phenoxy) is 1. The van der Waals surface area contributed by atoms with Gasteiger partial charge in [-0.05, 0) is 42.7 Å². The monoisotopic (exact) mass is 395 g/mol. The third kappa shape index (κ3) is 4.94. The normalized spacial score (nSPS) is 13.4. The van der Waals surface area contributed by atoms with Crippen molar-refractivity contribution in [2.45, 2.75) is 26.0 Å². The number of carbonyl (C=O) groups is 2. The van der Waals surface area contributed by atoms with Gasteiger partial charge in [-0.1, -0.05) is 24.3 Å². The minimum Gasteiger partial charge on any atom is -0.364 e. The number of hydrogen-bond donors (Lipinski definition) is 2. The molecule has 1 fully saturated rings. The smallest absolute Gasteiger partial charge is 0.246 e. The number of aromatic nitrogens is 1. The molecule has 1 aliphatic rings. The molecule has 0 saturated heterocycles. The van der Waals surface area contributed by atoms with Crippen LogP contribution in [0.5, 0.6) is 0 Å². The van der Waals surface area contributed by atoms with Gasteiger partial charge in [-0.3, -0.25) is 9.59 Å². The highest BCUT2D eigenvalue weighted by Gasteiger charge is 2.29. The summed E-state index contributed by atoms with van der Waals surface area (Å²) in [6, 6.07) is 15.4. The van der Waals surface area contributed by atoms with E-state index in [9.17, 15) is 9.59 Å². The first kappa shape index (κ1) is 18.6. The van der Waals surface area contributed by atoms with Gasteiger partial charge in [0.2, 0.25) is 11.8 Å². The van der Waals surface area contributed by atoms with Crippen LogP contribution in [0.4, 0.5) is 5.69 Å². The lowest BCUT2D eigenvalue weighted by Gasteiger charge is -2.08. The lowest BCUT2D eigenvalue weighted by atomic mass is 10.2. The molecule has 6 nitrogen and oxygen atoms in total. The van der Waals surface area contributed by atoms with Crippen molar-refractivity contribution >= 4 is 39.1 Å². The Morgan fingerprint density at radius 3 is 2.82 bits per heavy atom. The van der Waals surface area contributed by atoms with Crippen molar-refractivity contribution in [2.24, 2.45) is 5.92 Å². The predicted octanol–water partition coefficient (Wildman–Crippen LogP) is 3.48. The Kier molecular flexibility index (Phi) is 5.64. The number of carbonyl (C=O) groups excluding carboxylic acids is 2. The Hall–Kier alpha value is -2.77. The summed E-state index contributed by atoms with van der Waals surface area (Å²) in [5.74, 6) is 0.0499. The number of amides is 2. The largest absolute Gasteiger partial charge is 0.364 e. The van der Waals surface area contributed by atoms with Crippen molar-refractivity contribution in [1.82, 2.24) is 10.3 Å². The van der Waals surface area contributed by atoms with E-state index in [1.54, 1.807) is 11.3 Å². The highest BCUT2D eigenvalue weighted by atomic mass is 32.1. The summed E-state index contributed by atoms with van der Waals surface area (Å²) in [6.07, 6.45) is 1.94. The van der Waals surface area contributed by atoms with Crippen LogP contribution in [-0.2, 0) is 27.5 Å². The average molecular weight is 395 g/mol. The van der Waals surface area contributed by atoms with Crippen LogP contribution in [0.25, 0.3) is 10.2 Å². The summed E-state index contributed by atoms with van der Waals surface area (Å²) in [5, 5.41) is 6.60. The standard InChI is InChI=1S/C21H21N3O3S/c25-19(12-27-13-20-24-17-6-1-2-7-18(17)28-20)22-11-14-4-3-5-16(10-14)23-21(26)15-8-9-15/h1-7,10,15H,8-9,11-13H2,(H,22,25)(H,23,26). The minimum absolute atomic E-state index is 0.0198. The topological polar surface area (TPSA) is 80.3 Å². The zero-order chi connectivity index (χ0) is 19.3. The van der Waals surface area contributed by atoms with Gasteiger partial charge in [0.05, 0.1) is 16.8 Å². The van der Waals surface area contributed by atoms with Gasteiger partial charge in [0.15, 0.2) is 0 Å². The van der Waals surface area contributed by atoms with E-state index in [0.717, 1.165) is 39.3 Å². The van der Waals surface area contributed by atoms with Crippen molar-refractivity contribution in [3.8, 4) is 0 Å². The highest BCUT2D eigenvalue weighted by Crippen LogP contribution is 2.30. The Morgan fingerprint density at radius 1 is 1.14 bits per heavy atom. The molecule has 1 saturated carbocycles. The molecule has 0 unspecified atom stereocenters. The van der Waals surface area contributed by atoms with Gasteiger partial charge in [-0.25, -0.2) is 4.98 Å². The lowest BCUT2D eigenvalue weighted by Crippen LogP contribution is -2.27. The number of anilines is 1. The van der Waals surface area contributed by atoms with Crippen LogP contribution in [0.1, 0.15) is 23.4 Å². The Labute approximate surface area is 166 Å². The fraction of sp³-hybridized carbons (Fsp3) is 0.286. The summed E-state index contributed by atoms with van der Waals surface area (Å²) < 4.78 is 6.60. The molecule has 1 heterocycles. The molecule has 2 amide bonds. The van der Waals surface area contributed by atoms with E-state index in [1.165, 1.54) is 0 Å². The van der Waals surface area contributed by atoms with Gasteiger partial charge in [0.25, 0.3) is 0 Å². The lowest BCUT2D eigenvalue weighted by molar-refractivity contribution is -0.126. The summed E-state index contributed by atoms with van der Waals surface area (Å²) in [5.41, 5.74) is 2.63. The second-order valence-corrected chi connectivity index (χ2v) is 7.92. The molecular weight excluding hydrogens is 374 g/mol. The van der Waals surface area contributed by atoms with Crippen LogP contribution < -0.4 is 10.6 Å². The molecule has 0 atom stereocenters. The number of thiazole rings is 1. The molecule has 2 aromatic carbocycles. The van der Waals surface area contributed by atoms with Crippen LogP contribution in [0, 0.1) is 5.92 Å². The number of nitrogens with one attached hydrogen (secondary N) is 2. The van der Waals surface area contributed by atoms with E-state index in [-0.39, 0.29) is 24.3 Å². The predicted molar refractivity (Wildman–Crippen MR) is 109 cm³/mol. The number of fused-ring (bicyclic) bond motifs is 1. The maximum Gasteiger partial charge on any atom is 0.246 e. The molecule has 1 aromatic heterocycles. The van der Waals surface area contributed by atoms with Gasteiger partial charge < -0.3 is 15.4 Å². The van der Waals surface area contributed by atoms with E-state index in [1.807, 2.05) is 48.5 Å². The summed E-state index contributed by atoms with van der Waals surface area (Å²) >= 11 is 1.57. The van der Waals surface area contributed by atoms with Crippen LogP contribution in [0.2, 0.25) is 0 Å². The van der Waals surface area contributed by atoms with Gasteiger partial charge in [0, 0.05) is 18.2 Å². The van der Waals surface area contributed by atoms with Gasteiger partial charge in [-0.2, -0.15) is 0 Å². The van der Waals surface area contributed by atoms with Crippen molar-refractivity contribution in [1.29, 1.82) is 0 Å². The number of rotatable bonds is 8. The maximum atomic E-state index is 12.0. The Bertz CT molecular complexity index is 964. The first-order chi connectivity index (χ1) is 13.7. The van der Waals surface area contributed by atoms with Crippen LogP contribution >= 0.6 is 11.3 Å². The van der Waals surface area contributed by atoms with Crippen molar-refractivity contribution in [3.05, 3.63) is 59.1 Å². The zero-order valence-electron chi connectivity index (χ0n) is 15.3. The average Bonchev–Trinajstić information content (AvgIpc) is 3.47. The quantitative estimate of drug-likeness (QED) is 0.612. The SMILES string of the molecule is O=C(COCc1nc2ccccc2s1)NCc1cccc(NC(=O)C2CC2)c1. The second kappa shape index (κ2) is 8.50. The van der Waals surface area contributed by atoms with E-state index < -0.39 is 0 Å². The van der Waals surface area contributed by atoms with E-state index in [4.69, 9.17) is 4.74 Å². The first-order valence-corrected chi connectivity index (χ1v) is 10.1. The Balaban J connectivity index is 1.21. The van der Waals surface area contributed by atoms with Crippen LogP contribution in [0.3, 0.4) is 0 Å². The number of benzene rings is 2. The fourth-order valence-electron chi connectivity index (χ4n) is 2.81. The second-order valence-electron chi connectivity index (χ2n) is 6.81. The minimum atomic E-state index is -0.187. The third-order valence-electron chi connectivity index (χ3n) is 4.43. The fourth-order valence-corrected chi connectivity index (χ4v) is 3.72. The van der Waals surface area contributed by atoms with Crippen molar-refractivity contribution < 1.29 is 14.3 Å². The zero-order valence-corrected chi connectivity index (χ0v) is 16.1. The molecule has 144 valence electrons. The molecule has 7 heteroatoms. The summed E-state index contributed by atoms with van der Waals surface area (Å²) in [7, 11) is 0. The molecule has 0 spiro atoms. The molecule has 0 bridgehead atoms. The molecule has 0 radical (unpaired) electrons. The maximum absolute atomic E-state index is 12.0. The van der Waals surface area contributed by atoms with Crippen LogP contribution in [0.15, 0.2) is 48.5 Å². The molecule has 28 heavy (non-hydrogen) atoms. The molecule has 1 aliphatic carbocycles. The third-order valence-corrected chi connectivity index (χ3v) is 5.44. The van der Waals surface area contributed by atoms with Gasteiger partial charge >= 0.3 is 0 Å². The first-order valence-electron chi connectivity index (χ1n) is 9.26. The van der Waals surface area contributed by atoms with Gasteiger partial charge in [0.1, 0.15) is 11.6 Å². The molecule has 2 N–H and O–H groups in total. The summed E-state index contributed by atoms with van der Waals surface area (Å²) in [4.78, 5) is 28.3. The number of hydrogen-bond acceptors (Lipinski definition) is 5. The molecular formula is C21H21N3O3S. The molecule has 4 rings (SSSR count). The van der Waals surface area contributed by atoms with Crippen molar-refractivity contribution in [3.63, 3.8) is 0 Å². The summed E-state index contributed by atoms with van der Waals surface area (Å²) in [6.45, 7) is 0.681. The molecule has 3 aromatic rings. The number of nitrogens with zero attached hydrogens (tertiary/aromatic N) is 1.